The largest absolute Gasteiger partial charge is 0.493 e. The zero-order valence-electron chi connectivity index (χ0n) is 10.6. The topological polar surface area (TPSA) is 18.5 Å². The van der Waals surface area contributed by atoms with Crippen LogP contribution in [0.4, 0.5) is 0 Å². The number of methoxy groups -OCH3 is 2. The van der Waals surface area contributed by atoms with Crippen molar-refractivity contribution in [3.05, 3.63) is 21.7 Å². The SMILES string of the molecule is COc1cc(Cl)c(Cl)c(CCCCCBr)c1OC. The van der Waals surface area contributed by atoms with Gasteiger partial charge in [-0.05, 0) is 19.3 Å². The van der Waals surface area contributed by atoms with Crippen molar-refractivity contribution in [2.45, 2.75) is 25.7 Å². The van der Waals surface area contributed by atoms with E-state index < -0.39 is 0 Å². The quantitative estimate of drug-likeness (QED) is 0.499. The average molecular weight is 356 g/mol. The number of rotatable bonds is 7. The molecular formula is C13H17BrCl2O2. The van der Waals surface area contributed by atoms with E-state index in [-0.39, 0.29) is 0 Å². The molecule has 0 aliphatic heterocycles. The van der Waals surface area contributed by atoms with Crippen LogP contribution in [0.15, 0.2) is 6.07 Å². The number of ether oxygens (including phenoxy) is 2. The molecule has 0 spiro atoms. The number of alkyl halides is 1. The highest BCUT2D eigenvalue weighted by atomic mass is 79.9. The number of hydrogen-bond donors (Lipinski definition) is 0. The fraction of sp³-hybridized carbons (Fsp3) is 0.538. The van der Waals surface area contributed by atoms with Crippen molar-refractivity contribution in [1.29, 1.82) is 0 Å². The summed E-state index contributed by atoms with van der Waals surface area (Å²) in [5, 5.41) is 2.09. The van der Waals surface area contributed by atoms with Crippen molar-refractivity contribution in [3.8, 4) is 11.5 Å². The summed E-state index contributed by atoms with van der Waals surface area (Å²) in [5.74, 6) is 1.31. The average Bonchev–Trinajstić information content (AvgIpc) is 2.38. The first-order valence-corrected chi connectivity index (χ1v) is 7.68. The van der Waals surface area contributed by atoms with Crippen LogP contribution in [0.3, 0.4) is 0 Å². The van der Waals surface area contributed by atoms with Crippen LogP contribution in [-0.2, 0) is 6.42 Å². The van der Waals surface area contributed by atoms with Crippen molar-refractivity contribution < 1.29 is 9.47 Å². The molecule has 102 valence electrons. The molecule has 0 amide bonds. The summed E-state index contributed by atoms with van der Waals surface area (Å²) in [6, 6.07) is 1.69. The Hall–Kier alpha value is -0.120. The van der Waals surface area contributed by atoms with Crippen molar-refractivity contribution in [2.75, 3.05) is 19.5 Å². The second kappa shape index (κ2) is 8.13. The van der Waals surface area contributed by atoms with Crippen LogP contribution in [-0.4, -0.2) is 19.5 Å². The molecule has 0 atom stereocenters. The van der Waals surface area contributed by atoms with Crippen LogP contribution in [0.2, 0.25) is 10.0 Å². The van der Waals surface area contributed by atoms with Crippen LogP contribution < -0.4 is 9.47 Å². The molecule has 0 fully saturated rings. The molecule has 0 N–H and O–H groups in total. The second-order valence-corrected chi connectivity index (χ2v) is 5.46. The van der Waals surface area contributed by atoms with E-state index in [0.717, 1.165) is 36.6 Å². The molecule has 1 aromatic rings. The summed E-state index contributed by atoms with van der Waals surface area (Å²) >= 11 is 15.8. The predicted octanol–water partition coefficient (Wildman–Crippen LogP) is 5.12. The molecule has 0 aromatic heterocycles. The lowest BCUT2D eigenvalue weighted by atomic mass is 10.1. The molecule has 0 bridgehead atoms. The number of benzene rings is 1. The first-order valence-electron chi connectivity index (χ1n) is 5.80. The lowest BCUT2D eigenvalue weighted by Crippen LogP contribution is -1.98. The van der Waals surface area contributed by atoms with E-state index >= 15 is 0 Å². The minimum absolute atomic E-state index is 0.504. The van der Waals surface area contributed by atoms with E-state index in [1.807, 2.05) is 0 Å². The van der Waals surface area contributed by atoms with Crippen molar-refractivity contribution in [1.82, 2.24) is 0 Å². The Labute approximate surface area is 127 Å². The first-order chi connectivity index (χ1) is 8.65. The standard InChI is InChI=1S/C13H17BrCl2O2/c1-17-11-8-10(15)12(16)9(13(11)18-2)6-4-3-5-7-14/h8H,3-7H2,1-2H3. The van der Waals surface area contributed by atoms with Gasteiger partial charge in [0.2, 0.25) is 0 Å². The highest BCUT2D eigenvalue weighted by Gasteiger charge is 2.17. The number of hydrogen-bond acceptors (Lipinski definition) is 2. The molecule has 2 nitrogen and oxygen atoms in total. The molecular weight excluding hydrogens is 339 g/mol. The molecule has 5 heteroatoms. The van der Waals surface area contributed by atoms with E-state index in [9.17, 15) is 0 Å². The Balaban J connectivity index is 2.95. The molecule has 0 unspecified atom stereocenters. The molecule has 0 radical (unpaired) electrons. The van der Waals surface area contributed by atoms with Gasteiger partial charge in [0.25, 0.3) is 0 Å². The molecule has 18 heavy (non-hydrogen) atoms. The first kappa shape index (κ1) is 15.9. The Morgan fingerprint density at radius 2 is 1.83 bits per heavy atom. The maximum absolute atomic E-state index is 6.24. The minimum atomic E-state index is 0.504. The zero-order chi connectivity index (χ0) is 13.5. The number of unbranched alkanes of at least 4 members (excludes halogenated alkanes) is 2. The van der Waals surface area contributed by atoms with E-state index in [4.69, 9.17) is 32.7 Å². The third kappa shape index (κ3) is 3.94. The van der Waals surface area contributed by atoms with E-state index in [1.165, 1.54) is 0 Å². The fourth-order valence-corrected chi connectivity index (χ4v) is 2.65. The Morgan fingerprint density at radius 1 is 1.11 bits per heavy atom. The molecule has 1 rings (SSSR count). The van der Waals surface area contributed by atoms with E-state index in [2.05, 4.69) is 15.9 Å². The van der Waals surface area contributed by atoms with Crippen molar-refractivity contribution in [2.24, 2.45) is 0 Å². The van der Waals surface area contributed by atoms with Crippen LogP contribution in [0, 0.1) is 0 Å². The van der Waals surface area contributed by atoms with Gasteiger partial charge in [0.05, 0.1) is 24.3 Å². The van der Waals surface area contributed by atoms with Crippen LogP contribution in [0.1, 0.15) is 24.8 Å². The van der Waals surface area contributed by atoms with Crippen molar-refractivity contribution >= 4 is 39.1 Å². The van der Waals surface area contributed by atoms with Gasteiger partial charge >= 0.3 is 0 Å². The summed E-state index contributed by atoms with van der Waals surface area (Å²) in [4.78, 5) is 0. The zero-order valence-corrected chi connectivity index (χ0v) is 13.7. The lowest BCUT2D eigenvalue weighted by Gasteiger charge is -2.15. The summed E-state index contributed by atoms with van der Waals surface area (Å²) in [6.45, 7) is 0. The Kier molecular flexibility index (Phi) is 7.20. The summed E-state index contributed by atoms with van der Waals surface area (Å²) in [5.41, 5.74) is 0.929. The van der Waals surface area contributed by atoms with Crippen molar-refractivity contribution in [3.63, 3.8) is 0 Å². The van der Waals surface area contributed by atoms with Gasteiger partial charge in [-0.3, -0.25) is 0 Å². The van der Waals surface area contributed by atoms with Gasteiger partial charge in [0.15, 0.2) is 11.5 Å². The number of halogens is 3. The normalized spacial score (nSPS) is 10.5. The smallest absolute Gasteiger partial charge is 0.165 e. The van der Waals surface area contributed by atoms with Gasteiger partial charge in [-0.15, -0.1) is 0 Å². The molecule has 0 saturated heterocycles. The highest BCUT2D eigenvalue weighted by Crippen LogP contribution is 2.41. The maximum Gasteiger partial charge on any atom is 0.165 e. The summed E-state index contributed by atoms with van der Waals surface area (Å²) < 4.78 is 10.6. The van der Waals surface area contributed by atoms with Crippen LogP contribution in [0.5, 0.6) is 11.5 Å². The monoisotopic (exact) mass is 354 g/mol. The molecule has 0 saturated carbocycles. The van der Waals surface area contributed by atoms with Gasteiger partial charge in [-0.25, -0.2) is 0 Å². The maximum atomic E-state index is 6.24. The van der Waals surface area contributed by atoms with Gasteiger partial charge in [-0.2, -0.15) is 0 Å². The molecule has 1 aromatic carbocycles. The molecule has 0 aliphatic carbocycles. The Bertz CT molecular complexity index is 397. The summed E-state index contributed by atoms with van der Waals surface area (Å²) in [6.07, 6.45) is 4.17. The van der Waals surface area contributed by atoms with Gasteiger partial charge in [0.1, 0.15) is 0 Å². The third-order valence-corrected chi connectivity index (χ3v) is 4.10. The van der Waals surface area contributed by atoms with Gasteiger partial charge in [0, 0.05) is 17.0 Å². The fourth-order valence-electron chi connectivity index (χ4n) is 1.81. The predicted molar refractivity (Wildman–Crippen MR) is 80.9 cm³/mol. The van der Waals surface area contributed by atoms with Crippen LogP contribution >= 0.6 is 39.1 Å². The van der Waals surface area contributed by atoms with E-state index in [1.54, 1.807) is 20.3 Å². The Morgan fingerprint density at radius 3 is 2.39 bits per heavy atom. The highest BCUT2D eigenvalue weighted by molar-refractivity contribution is 9.09. The minimum Gasteiger partial charge on any atom is -0.493 e. The van der Waals surface area contributed by atoms with Crippen LogP contribution in [0.25, 0.3) is 0 Å². The molecule has 0 aliphatic rings. The lowest BCUT2D eigenvalue weighted by molar-refractivity contribution is 0.351. The van der Waals surface area contributed by atoms with E-state index in [0.29, 0.717) is 21.5 Å². The summed E-state index contributed by atoms with van der Waals surface area (Å²) in [7, 11) is 3.21. The third-order valence-electron chi connectivity index (χ3n) is 2.71. The second-order valence-electron chi connectivity index (χ2n) is 3.89. The van der Waals surface area contributed by atoms with Gasteiger partial charge < -0.3 is 9.47 Å². The van der Waals surface area contributed by atoms with Gasteiger partial charge in [-0.1, -0.05) is 45.6 Å². The molecule has 0 heterocycles.